The average molecular weight is 274 g/mol. The molecule has 4 N–H and O–H groups in total. The van der Waals surface area contributed by atoms with Crippen LogP contribution in [0.4, 0.5) is 0 Å². The van der Waals surface area contributed by atoms with Gasteiger partial charge in [-0.1, -0.05) is 10.3 Å². The Bertz CT molecular complexity index is 306. The van der Waals surface area contributed by atoms with Crippen molar-refractivity contribution in [2.24, 2.45) is 10.3 Å². The molecule has 112 valence electrons. The number of hydrogen-bond acceptors (Lipinski definition) is 7. The normalized spacial score (nSPS) is 14.8. The summed E-state index contributed by atoms with van der Waals surface area (Å²) in [5, 5.41) is 27.0. The van der Waals surface area contributed by atoms with E-state index in [-0.39, 0.29) is 0 Å². The number of hydrogen-bond donors (Lipinski definition) is 4. The lowest BCUT2D eigenvalue weighted by molar-refractivity contribution is 0.00865. The Labute approximate surface area is 114 Å². The van der Waals surface area contributed by atoms with Crippen LogP contribution in [-0.4, -0.2) is 46.1 Å². The molecular formula is C12H26N4O3. The minimum Gasteiger partial charge on any atom is -0.411 e. The van der Waals surface area contributed by atoms with Crippen molar-refractivity contribution in [1.82, 2.24) is 10.8 Å². The minimum absolute atomic E-state index is 0.393. The lowest BCUT2D eigenvalue weighted by Crippen LogP contribution is -2.49. The van der Waals surface area contributed by atoms with Gasteiger partial charge in [-0.25, -0.2) is 0 Å². The Morgan fingerprint density at radius 3 is 1.95 bits per heavy atom. The molecule has 19 heavy (non-hydrogen) atoms. The lowest BCUT2D eigenvalue weighted by Gasteiger charge is -2.27. The van der Waals surface area contributed by atoms with Crippen molar-refractivity contribution in [3.05, 3.63) is 0 Å². The van der Waals surface area contributed by atoms with E-state index in [4.69, 9.17) is 15.3 Å². The largest absolute Gasteiger partial charge is 0.411 e. The zero-order chi connectivity index (χ0) is 15.1. The molecular weight excluding hydrogens is 248 g/mol. The molecule has 0 unspecified atom stereocenters. The molecule has 7 nitrogen and oxygen atoms in total. The first-order valence-corrected chi connectivity index (χ1v) is 6.19. The van der Waals surface area contributed by atoms with E-state index in [1.54, 1.807) is 13.8 Å². The van der Waals surface area contributed by atoms with Crippen LogP contribution in [0.1, 0.15) is 41.5 Å². The Kier molecular flexibility index (Phi) is 6.96. The van der Waals surface area contributed by atoms with Gasteiger partial charge in [0.05, 0.1) is 29.1 Å². The van der Waals surface area contributed by atoms with Gasteiger partial charge in [-0.2, -0.15) is 5.48 Å². The van der Waals surface area contributed by atoms with E-state index in [9.17, 15) is 0 Å². The predicted molar refractivity (Wildman–Crippen MR) is 75.0 cm³/mol. The third-order valence-corrected chi connectivity index (χ3v) is 3.21. The highest BCUT2D eigenvalue weighted by molar-refractivity contribution is 5.90. The van der Waals surface area contributed by atoms with Crippen LogP contribution >= 0.6 is 0 Å². The summed E-state index contributed by atoms with van der Waals surface area (Å²) in [7, 11) is 0. The minimum atomic E-state index is -0.535. The van der Waals surface area contributed by atoms with Gasteiger partial charge in [0, 0.05) is 6.54 Å². The summed E-state index contributed by atoms with van der Waals surface area (Å²) in [6, 6.07) is 0. The molecule has 0 radical (unpaired) electrons. The van der Waals surface area contributed by atoms with Gasteiger partial charge in [-0.3, -0.25) is 4.84 Å². The van der Waals surface area contributed by atoms with E-state index in [0.717, 1.165) is 0 Å². The van der Waals surface area contributed by atoms with Gasteiger partial charge >= 0.3 is 0 Å². The number of hydroxylamine groups is 1. The Morgan fingerprint density at radius 1 is 1.00 bits per heavy atom. The fourth-order valence-corrected chi connectivity index (χ4v) is 1.10. The van der Waals surface area contributed by atoms with E-state index in [1.165, 1.54) is 0 Å². The Hall–Kier alpha value is -1.18. The van der Waals surface area contributed by atoms with E-state index in [0.29, 0.717) is 24.6 Å². The third kappa shape index (κ3) is 6.00. The SMILES string of the molecule is C/C(=N\O)C(C)(C)NCCONC(C)(C)/C(C)=N/O. The van der Waals surface area contributed by atoms with Crippen molar-refractivity contribution in [1.29, 1.82) is 0 Å². The van der Waals surface area contributed by atoms with Crippen molar-refractivity contribution in [2.45, 2.75) is 52.6 Å². The van der Waals surface area contributed by atoms with E-state index < -0.39 is 11.1 Å². The molecule has 0 aromatic heterocycles. The van der Waals surface area contributed by atoms with Crippen molar-refractivity contribution in [3.63, 3.8) is 0 Å². The van der Waals surface area contributed by atoms with Crippen LogP contribution < -0.4 is 10.8 Å². The second-order valence-corrected chi connectivity index (χ2v) is 5.50. The zero-order valence-electron chi connectivity index (χ0n) is 12.6. The molecule has 0 spiro atoms. The summed E-state index contributed by atoms with van der Waals surface area (Å²) in [5.74, 6) is 0. The second kappa shape index (κ2) is 7.42. The molecule has 0 aliphatic carbocycles. The molecule has 0 aromatic rings. The lowest BCUT2D eigenvalue weighted by atomic mass is 10.00. The molecule has 0 amide bonds. The van der Waals surface area contributed by atoms with Crippen LogP contribution in [0.2, 0.25) is 0 Å². The van der Waals surface area contributed by atoms with Crippen LogP contribution in [0.3, 0.4) is 0 Å². The summed E-state index contributed by atoms with van der Waals surface area (Å²) in [5.41, 5.74) is 3.03. The summed E-state index contributed by atoms with van der Waals surface area (Å²) in [6.45, 7) is 12.0. The zero-order valence-corrected chi connectivity index (χ0v) is 12.6. The topological polar surface area (TPSA) is 98.5 Å². The van der Waals surface area contributed by atoms with Crippen molar-refractivity contribution in [3.8, 4) is 0 Å². The molecule has 0 aliphatic heterocycles. The molecule has 0 bridgehead atoms. The fraction of sp³-hybridized carbons (Fsp3) is 0.833. The predicted octanol–water partition coefficient (Wildman–Crippen LogP) is 1.35. The number of nitrogens with zero attached hydrogens (tertiary/aromatic N) is 2. The van der Waals surface area contributed by atoms with Gasteiger partial charge in [0.2, 0.25) is 0 Å². The molecule has 0 aromatic carbocycles. The number of oxime groups is 2. The van der Waals surface area contributed by atoms with E-state index in [1.807, 2.05) is 27.7 Å². The average Bonchev–Trinajstić information content (AvgIpc) is 2.35. The summed E-state index contributed by atoms with van der Waals surface area (Å²) in [6.07, 6.45) is 0. The number of rotatable bonds is 8. The summed E-state index contributed by atoms with van der Waals surface area (Å²) in [4.78, 5) is 5.32. The quantitative estimate of drug-likeness (QED) is 0.232. The molecule has 7 heteroatoms. The van der Waals surface area contributed by atoms with Gasteiger partial charge in [0.15, 0.2) is 0 Å². The van der Waals surface area contributed by atoms with Crippen molar-refractivity contribution in [2.75, 3.05) is 13.2 Å². The van der Waals surface area contributed by atoms with Gasteiger partial charge in [-0.15, -0.1) is 0 Å². The third-order valence-electron chi connectivity index (χ3n) is 3.21. The standard InChI is InChI=1S/C12H26N4O3/c1-9(14-17)11(3,4)13-7-8-19-16-12(5,6)10(2)15-18/h13,16-18H,7-8H2,1-6H3/b14-9+,15-10+. The maximum atomic E-state index is 8.74. The molecule has 0 aliphatic rings. The van der Waals surface area contributed by atoms with Gasteiger partial charge < -0.3 is 15.7 Å². The van der Waals surface area contributed by atoms with Crippen LogP contribution in [-0.2, 0) is 4.84 Å². The molecule has 0 atom stereocenters. The van der Waals surface area contributed by atoms with Gasteiger partial charge in [0.25, 0.3) is 0 Å². The highest BCUT2D eigenvalue weighted by Crippen LogP contribution is 2.06. The first-order chi connectivity index (χ1) is 8.67. The van der Waals surface area contributed by atoms with Gasteiger partial charge in [-0.05, 0) is 41.5 Å². The first-order valence-electron chi connectivity index (χ1n) is 6.19. The second-order valence-electron chi connectivity index (χ2n) is 5.50. The Morgan fingerprint density at radius 2 is 1.47 bits per heavy atom. The van der Waals surface area contributed by atoms with Crippen LogP contribution in [0, 0.1) is 0 Å². The summed E-state index contributed by atoms with van der Waals surface area (Å²) < 4.78 is 0. The highest BCUT2D eigenvalue weighted by atomic mass is 16.6. The monoisotopic (exact) mass is 274 g/mol. The molecule has 0 rings (SSSR count). The molecule has 0 fully saturated rings. The molecule has 0 saturated carbocycles. The smallest absolute Gasteiger partial charge is 0.0807 e. The first kappa shape index (κ1) is 17.8. The highest BCUT2D eigenvalue weighted by Gasteiger charge is 2.23. The fourth-order valence-electron chi connectivity index (χ4n) is 1.10. The van der Waals surface area contributed by atoms with E-state index in [2.05, 4.69) is 21.1 Å². The van der Waals surface area contributed by atoms with E-state index >= 15 is 0 Å². The molecule has 0 heterocycles. The number of nitrogens with one attached hydrogen (secondary N) is 2. The Balaban J connectivity index is 4.02. The molecule has 0 saturated heterocycles. The van der Waals surface area contributed by atoms with Crippen LogP contribution in [0.25, 0.3) is 0 Å². The van der Waals surface area contributed by atoms with Crippen LogP contribution in [0.15, 0.2) is 10.3 Å². The summed E-state index contributed by atoms with van der Waals surface area (Å²) >= 11 is 0. The van der Waals surface area contributed by atoms with Crippen LogP contribution in [0.5, 0.6) is 0 Å². The van der Waals surface area contributed by atoms with Gasteiger partial charge in [0.1, 0.15) is 0 Å². The van der Waals surface area contributed by atoms with Crippen molar-refractivity contribution < 1.29 is 15.3 Å². The maximum absolute atomic E-state index is 8.74. The maximum Gasteiger partial charge on any atom is 0.0807 e. The van der Waals surface area contributed by atoms with Crippen molar-refractivity contribution >= 4 is 11.4 Å².